The lowest BCUT2D eigenvalue weighted by molar-refractivity contribution is 0.598. The molecule has 0 amide bonds. The Balaban J connectivity index is 2.61. The first-order valence-corrected chi connectivity index (χ1v) is 6.61. The summed E-state index contributed by atoms with van der Waals surface area (Å²) in [6, 6.07) is 3.66. The average Bonchev–Trinajstić information content (AvgIpc) is 2.45. The van der Waals surface area contributed by atoms with Gasteiger partial charge in [-0.15, -0.1) is 0 Å². The zero-order valence-electron chi connectivity index (χ0n) is 8.82. The van der Waals surface area contributed by atoms with Gasteiger partial charge in [0.1, 0.15) is 0 Å². The molecule has 1 aliphatic heterocycles. The van der Waals surface area contributed by atoms with Crippen molar-refractivity contribution in [3.63, 3.8) is 0 Å². The standard InChI is InChI=1S/C10H14N2O2S/c1-7-5-9(11)6-8-3-4-12(10(7)8)15(2,13)14/h5-6H,3-4,11H2,1-2H3. The summed E-state index contributed by atoms with van der Waals surface area (Å²) < 4.78 is 24.5. The Hall–Kier alpha value is -1.23. The van der Waals surface area contributed by atoms with Crippen molar-refractivity contribution in [1.29, 1.82) is 0 Å². The van der Waals surface area contributed by atoms with Crippen LogP contribution in [0.2, 0.25) is 0 Å². The second kappa shape index (κ2) is 3.13. The highest BCUT2D eigenvalue weighted by Gasteiger charge is 2.27. The lowest BCUT2D eigenvalue weighted by Crippen LogP contribution is -2.28. The van der Waals surface area contributed by atoms with E-state index in [0.29, 0.717) is 12.2 Å². The maximum absolute atomic E-state index is 11.5. The summed E-state index contributed by atoms with van der Waals surface area (Å²) in [6.07, 6.45) is 1.98. The number of fused-ring (bicyclic) bond motifs is 1. The lowest BCUT2D eigenvalue weighted by Gasteiger charge is -2.18. The molecular weight excluding hydrogens is 212 g/mol. The zero-order valence-corrected chi connectivity index (χ0v) is 9.63. The van der Waals surface area contributed by atoms with Gasteiger partial charge in [-0.25, -0.2) is 8.42 Å². The number of aryl methyl sites for hydroxylation is 1. The van der Waals surface area contributed by atoms with Gasteiger partial charge in [0, 0.05) is 12.2 Å². The Bertz CT molecular complexity index is 508. The number of sulfonamides is 1. The van der Waals surface area contributed by atoms with Crippen LogP contribution in [0.4, 0.5) is 11.4 Å². The van der Waals surface area contributed by atoms with Crippen LogP contribution in [0.5, 0.6) is 0 Å². The van der Waals surface area contributed by atoms with E-state index in [1.165, 1.54) is 10.6 Å². The van der Waals surface area contributed by atoms with Crippen molar-refractivity contribution >= 4 is 21.4 Å². The first-order valence-electron chi connectivity index (χ1n) is 4.76. The first-order chi connectivity index (χ1) is 6.89. The minimum Gasteiger partial charge on any atom is -0.399 e. The molecule has 1 aromatic rings. The largest absolute Gasteiger partial charge is 0.399 e. The van der Waals surface area contributed by atoms with Gasteiger partial charge >= 0.3 is 0 Å². The van der Waals surface area contributed by atoms with Gasteiger partial charge in [-0.3, -0.25) is 4.31 Å². The molecule has 0 aliphatic carbocycles. The Kier molecular flexibility index (Phi) is 2.15. The van der Waals surface area contributed by atoms with E-state index in [-0.39, 0.29) is 0 Å². The van der Waals surface area contributed by atoms with Crippen LogP contribution in [-0.2, 0) is 16.4 Å². The Morgan fingerprint density at radius 2 is 2.07 bits per heavy atom. The molecular formula is C10H14N2O2S. The van der Waals surface area contributed by atoms with Crippen LogP contribution in [-0.4, -0.2) is 21.2 Å². The molecule has 0 radical (unpaired) electrons. The van der Waals surface area contributed by atoms with Crippen molar-refractivity contribution in [3.05, 3.63) is 23.3 Å². The van der Waals surface area contributed by atoms with E-state index in [4.69, 9.17) is 5.73 Å². The van der Waals surface area contributed by atoms with Gasteiger partial charge in [0.25, 0.3) is 0 Å². The van der Waals surface area contributed by atoms with E-state index in [9.17, 15) is 8.42 Å². The second-order valence-corrected chi connectivity index (χ2v) is 5.84. The van der Waals surface area contributed by atoms with E-state index < -0.39 is 10.0 Å². The molecule has 2 rings (SSSR count). The average molecular weight is 226 g/mol. The SMILES string of the molecule is Cc1cc(N)cc2c1N(S(C)(=O)=O)CC2. The van der Waals surface area contributed by atoms with Gasteiger partial charge in [-0.05, 0) is 36.6 Å². The van der Waals surface area contributed by atoms with Crippen molar-refractivity contribution in [2.45, 2.75) is 13.3 Å². The fourth-order valence-electron chi connectivity index (χ4n) is 2.10. The molecule has 0 bridgehead atoms. The number of nitrogen functional groups attached to an aromatic ring is 1. The molecule has 0 saturated carbocycles. The second-order valence-electron chi connectivity index (χ2n) is 3.93. The van der Waals surface area contributed by atoms with Gasteiger partial charge in [-0.1, -0.05) is 0 Å². The lowest BCUT2D eigenvalue weighted by atomic mass is 10.1. The molecule has 0 spiro atoms. The third-order valence-corrected chi connectivity index (χ3v) is 3.80. The molecule has 0 saturated heterocycles. The van der Waals surface area contributed by atoms with Crippen LogP contribution in [0, 0.1) is 6.92 Å². The maximum Gasteiger partial charge on any atom is 0.232 e. The van der Waals surface area contributed by atoms with Crippen LogP contribution >= 0.6 is 0 Å². The van der Waals surface area contributed by atoms with E-state index >= 15 is 0 Å². The highest BCUT2D eigenvalue weighted by Crippen LogP contribution is 2.34. The summed E-state index contributed by atoms with van der Waals surface area (Å²) in [6.45, 7) is 2.41. The number of hydrogen-bond donors (Lipinski definition) is 1. The molecule has 4 nitrogen and oxygen atoms in total. The van der Waals surface area contributed by atoms with E-state index in [0.717, 1.165) is 23.2 Å². The number of benzene rings is 1. The van der Waals surface area contributed by atoms with Gasteiger partial charge < -0.3 is 5.73 Å². The molecule has 1 heterocycles. The Morgan fingerprint density at radius 3 is 2.67 bits per heavy atom. The molecule has 0 unspecified atom stereocenters. The van der Waals surface area contributed by atoms with Gasteiger partial charge in [-0.2, -0.15) is 0 Å². The molecule has 1 aliphatic rings. The number of hydrogen-bond acceptors (Lipinski definition) is 3. The van der Waals surface area contributed by atoms with E-state index in [1.54, 1.807) is 0 Å². The number of anilines is 2. The van der Waals surface area contributed by atoms with Crippen LogP contribution < -0.4 is 10.0 Å². The van der Waals surface area contributed by atoms with Gasteiger partial charge in [0.15, 0.2) is 0 Å². The maximum atomic E-state index is 11.5. The summed E-state index contributed by atoms with van der Waals surface area (Å²) in [4.78, 5) is 0. The molecule has 0 atom stereocenters. The minimum absolute atomic E-state index is 0.526. The minimum atomic E-state index is -3.16. The van der Waals surface area contributed by atoms with Gasteiger partial charge in [0.05, 0.1) is 11.9 Å². The normalized spacial score (nSPS) is 15.5. The molecule has 1 aromatic carbocycles. The van der Waals surface area contributed by atoms with Crippen LogP contribution in [0.15, 0.2) is 12.1 Å². The monoisotopic (exact) mass is 226 g/mol. The quantitative estimate of drug-likeness (QED) is 0.724. The van der Waals surface area contributed by atoms with Crippen molar-refractivity contribution in [1.82, 2.24) is 0 Å². The molecule has 2 N–H and O–H groups in total. The summed E-state index contributed by atoms with van der Waals surface area (Å²) >= 11 is 0. The van der Waals surface area contributed by atoms with Crippen molar-refractivity contribution in [3.8, 4) is 0 Å². The number of rotatable bonds is 1. The molecule has 0 aromatic heterocycles. The van der Waals surface area contributed by atoms with Crippen LogP contribution in [0.3, 0.4) is 0 Å². The highest BCUT2D eigenvalue weighted by molar-refractivity contribution is 7.92. The molecule has 82 valence electrons. The summed E-state index contributed by atoms with van der Waals surface area (Å²) in [5.41, 5.74) is 9.18. The molecule has 0 fully saturated rings. The Labute approximate surface area is 89.7 Å². The molecule has 5 heteroatoms. The zero-order chi connectivity index (χ0) is 11.2. The third kappa shape index (κ3) is 1.67. The van der Waals surface area contributed by atoms with E-state index in [2.05, 4.69) is 0 Å². The Morgan fingerprint density at radius 1 is 1.40 bits per heavy atom. The summed E-state index contributed by atoms with van der Waals surface area (Å²) in [7, 11) is -3.16. The van der Waals surface area contributed by atoms with Crippen LogP contribution in [0.25, 0.3) is 0 Å². The predicted octanol–water partition coefficient (Wildman–Crippen LogP) is 0.899. The smallest absolute Gasteiger partial charge is 0.232 e. The van der Waals surface area contributed by atoms with Gasteiger partial charge in [0.2, 0.25) is 10.0 Å². The molecule has 15 heavy (non-hydrogen) atoms. The summed E-state index contributed by atoms with van der Waals surface area (Å²) in [5.74, 6) is 0. The first kappa shape index (κ1) is 10.3. The predicted molar refractivity (Wildman–Crippen MR) is 61.5 cm³/mol. The third-order valence-electron chi connectivity index (χ3n) is 2.64. The van der Waals surface area contributed by atoms with Crippen molar-refractivity contribution in [2.75, 3.05) is 22.8 Å². The van der Waals surface area contributed by atoms with Crippen molar-refractivity contribution in [2.24, 2.45) is 0 Å². The fraction of sp³-hybridized carbons (Fsp3) is 0.400. The highest BCUT2D eigenvalue weighted by atomic mass is 32.2. The van der Waals surface area contributed by atoms with Crippen molar-refractivity contribution < 1.29 is 8.42 Å². The van der Waals surface area contributed by atoms with E-state index in [1.807, 2.05) is 19.1 Å². The number of nitrogens with two attached hydrogens (primary N) is 1. The fourth-order valence-corrected chi connectivity index (χ4v) is 3.11. The number of nitrogens with zero attached hydrogens (tertiary/aromatic N) is 1. The summed E-state index contributed by atoms with van der Waals surface area (Å²) in [5, 5.41) is 0. The van der Waals surface area contributed by atoms with Crippen LogP contribution in [0.1, 0.15) is 11.1 Å². The topological polar surface area (TPSA) is 63.4 Å².